The molecule has 0 bridgehead atoms. The number of carbonyl (C=O) groups is 3. The molecule has 3 aromatic rings. The molecule has 36 heavy (non-hydrogen) atoms. The van der Waals surface area contributed by atoms with E-state index < -0.39 is 5.54 Å². The van der Waals surface area contributed by atoms with Crippen molar-refractivity contribution >= 4 is 17.8 Å². The molecule has 2 N–H and O–H groups in total. The Balaban J connectivity index is 1.28. The fourth-order valence-corrected chi connectivity index (χ4v) is 4.95. The summed E-state index contributed by atoms with van der Waals surface area (Å²) in [5, 5.41) is 10.5. The van der Waals surface area contributed by atoms with Gasteiger partial charge >= 0.3 is 6.03 Å². The largest absolute Gasteiger partial charge is 0.497 e. The Labute approximate surface area is 209 Å². The van der Waals surface area contributed by atoms with Crippen molar-refractivity contribution in [3.8, 4) is 22.7 Å². The molecule has 1 aromatic heterocycles. The molecule has 1 aliphatic heterocycles. The van der Waals surface area contributed by atoms with E-state index in [0.717, 1.165) is 24.1 Å². The zero-order chi connectivity index (χ0) is 25.1. The first-order chi connectivity index (χ1) is 17.5. The van der Waals surface area contributed by atoms with Crippen molar-refractivity contribution in [1.29, 1.82) is 0 Å². The van der Waals surface area contributed by atoms with Crippen molar-refractivity contribution in [3.63, 3.8) is 0 Å². The van der Waals surface area contributed by atoms with Crippen LogP contribution in [0.15, 0.2) is 60.8 Å². The molecule has 0 atom stereocenters. The number of amides is 4. The molecule has 5 rings (SSSR count). The highest BCUT2D eigenvalue weighted by Gasteiger charge is 2.52. The smallest absolute Gasteiger partial charge is 0.325 e. The monoisotopic (exact) mass is 487 g/mol. The maximum absolute atomic E-state index is 13.2. The van der Waals surface area contributed by atoms with Gasteiger partial charge in [-0.3, -0.25) is 14.5 Å². The Morgan fingerprint density at radius 1 is 1.08 bits per heavy atom. The highest BCUT2D eigenvalue weighted by atomic mass is 16.5. The van der Waals surface area contributed by atoms with E-state index >= 15 is 0 Å². The average Bonchev–Trinajstić information content (AvgIpc) is 3.62. The van der Waals surface area contributed by atoms with E-state index in [1.807, 2.05) is 54.6 Å². The second kappa shape index (κ2) is 9.85. The number of methoxy groups -OCH3 is 1. The predicted molar refractivity (Wildman–Crippen MR) is 134 cm³/mol. The molecule has 1 saturated heterocycles. The van der Waals surface area contributed by atoms with Crippen molar-refractivity contribution in [2.45, 2.75) is 37.6 Å². The molecular weight excluding hydrogens is 458 g/mol. The molecule has 9 heteroatoms. The maximum atomic E-state index is 13.2. The molecule has 9 nitrogen and oxygen atoms in total. The van der Waals surface area contributed by atoms with Gasteiger partial charge in [0.15, 0.2) is 0 Å². The van der Waals surface area contributed by atoms with Crippen LogP contribution in [0, 0.1) is 0 Å². The Hall–Kier alpha value is -4.14. The topological polar surface area (TPSA) is 106 Å². The number of para-hydroxylation sites is 1. The molecule has 0 unspecified atom stereocenters. The Morgan fingerprint density at radius 2 is 1.81 bits per heavy atom. The van der Waals surface area contributed by atoms with Crippen LogP contribution in [0.2, 0.25) is 0 Å². The molecule has 2 aliphatic rings. The Morgan fingerprint density at radius 3 is 2.50 bits per heavy atom. The number of rotatable bonds is 8. The third kappa shape index (κ3) is 4.44. The van der Waals surface area contributed by atoms with E-state index in [-0.39, 0.29) is 24.4 Å². The van der Waals surface area contributed by atoms with Crippen LogP contribution in [0.1, 0.15) is 42.5 Å². The number of nitrogens with one attached hydrogen (secondary N) is 2. The van der Waals surface area contributed by atoms with Gasteiger partial charge in [0.25, 0.3) is 11.8 Å². The molecule has 186 valence electrons. The van der Waals surface area contributed by atoms with Gasteiger partial charge in [0.1, 0.15) is 17.0 Å². The summed E-state index contributed by atoms with van der Waals surface area (Å²) in [4.78, 5) is 39.6. The molecule has 2 fully saturated rings. The van der Waals surface area contributed by atoms with Crippen molar-refractivity contribution in [1.82, 2.24) is 25.3 Å². The van der Waals surface area contributed by atoms with Crippen molar-refractivity contribution < 1.29 is 19.1 Å². The zero-order valence-corrected chi connectivity index (χ0v) is 20.2. The lowest BCUT2D eigenvalue weighted by Crippen LogP contribution is -2.44. The molecule has 1 aliphatic carbocycles. The Kier molecular flexibility index (Phi) is 6.45. The van der Waals surface area contributed by atoms with Crippen LogP contribution < -0.4 is 15.4 Å². The van der Waals surface area contributed by atoms with Crippen LogP contribution in [0.4, 0.5) is 4.79 Å². The van der Waals surface area contributed by atoms with E-state index in [0.29, 0.717) is 42.8 Å². The van der Waals surface area contributed by atoms with Gasteiger partial charge in [0.05, 0.1) is 18.4 Å². The summed E-state index contributed by atoms with van der Waals surface area (Å²) in [6.45, 7) is 0.586. The third-order valence-electron chi connectivity index (χ3n) is 6.89. The SMILES string of the molecule is COc1ccc(-c2nn(-c3ccccc3)cc2C(=O)NCCCN2C(=O)NC3(CCCC3)C2=O)cc1. The summed E-state index contributed by atoms with van der Waals surface area (Å²) in [6.07, 6.45) is 5.47. The zero-order valence-electron chi connectivity index (χ0n) is 20.2. The second-order valence-corrected chi connectivity index (χ2v) is 9.19. The van der Waals surface area contributed by atoms with Gasteiger partial charge < -0.3 is 15.4 Å². The van der Waals surface area contributed by atoms with Gasteiger partial charge in [0, 0.05) is 24.8 Å². The Bertz CT molecular complexity index is 1260. The summed E-state index contributed by atoms with van der Waals surface area (Å²) in [5.74, 6) is 0.307. The second-order valence-electron chi connectivity index (χ2n) is 9.19. The number of ether oxygens (including phenoxy) is 1. The number of nitrogens with zero attached hydrogens (tertiary/aromatic N) is 3. The van der Waals surface area contributed by atoms with E-state index in [9.17, 15) is 14.4 Å². The number of benzene rings is 2. The number of imide groups is 1. The summed E-state index contributed by atoms with van der Waals surface area (Å²) >= 11 is 0. The van der Waals surface area contributed by atoms with Crippen LogP contribution in [0.25, 0.3) is 16.9 Å². The van der Waals surface area contributed by atoms with Crippen molar-refractivity contribution in [2.24, 2.45) is 0 Å². The first-order valence-electron chi connectivity index (χ1n) is 12.2. The summed E-state index contributed by atoms with van der Waals surface area (Å²) in [7, 11) is 1.60. The molecular formula is C27H29N5O4. The van der Waals surface area contributed by atoms with Crippen LogP contribution in [-0.4, -0.2) is 58.3 Å². The lowest BCUT2D eigenvalue weighted by molar-refractivity contribution is -0.131. The summed E-state index contributed by atoms with van der Waals surface area (Å²) in [5.41, 5.74) is 1.90. The van der Waals surface area contributed by atoms with Gasteiger partial charge in [0.2, 0.25) is 0 Å². The first kappa shape index (κ1) is 23.6. The predicted octanol–water partition coefficient (Wildman–Crippen LogP) is 3.53. The number of hydrogen-bond donors (Lipinski definition) is 2. The number of carbonyl (C=O) groups excluding carboxylic acids is 3. The van der Waals surface area contributed by atoms with Crippen molar-refractivity contribution in [3.05, 3.63) is 66.4 Å². The molecule has 2 heterocycles. The van der Waals surface area contributed by atoms with Crippen LogP contribution in [0.3, 0.4) is 0 Å². The molecule has 4 amide bonds. The lowest BCUT2D eigenvalue weighted by atomic mass is 9.98. The molecule has 2 aromatic carbocycles. The fourth-order valence-electron chi connectivity index (χ4n) is 4.95. The van der Waals surface area contributed by atoms with E-state index in [1.165, 1.54) is 4.90 Å². The standard InChI is InChI=1S/C27H29N5O4/c1-36-21-12-10-19(11-13-21)23-22(18-32(30-23)20-8-3-2-4-9-20)24(33)28-16-7-17-31-25(34)27(29-26(31)35)14-5-6-15-27/h2-4,8-13,18H,5-7,14-17H2,1H3,(H,28,33)(H,29,35). The first-order valence-corrected chi connectivity index (χ1v) is 12.2. The highest BCUT2D eigenvalue weighted by molar-refractivity contribution is 6.07. The van der Waals surface area contributed by atoms with Gasteiger partial charge in [-0.05, 0) is 55.7 Å². The van der Waals surface area contributed by atoms with E-state index in [1.54, 1.807) is 18.0 Å². The van der Waals surface area contributed by atoms with Gasteiger partial charge in [-0.15, -0.1) is 0 Å². The van der Waals surface area contributed by atoms with Crippen molar-refractivity contribution in [2.75, 3.05) is 20.2 Å². The summed E-state index contributed by atoms with van der Waals surface area (Å²) in [6, 6.07) is 16.6. The summed E-state index contributed by atoms with van der Waals surface area (Å²) < 4.78 is 6.93. The lowest BCUT2D eigenvalue weighted by Gasteiger charge is -2.20. The molecule has 1 spiro atoms. The molecule has 0 radical (unpaired) electrons. The van der Waals surface area contributed by atoms with Gasteiger partial charge in [-0.2, -0.15) is 5.10 Å². The van der Waals surface area contributed by atoms with Gasteiger partial charge in [-0.1, -0.05) is 31.0 Å². The number of hydrogen-bond acceptors (Lipinski definition) is 5. The number of urea groups is 1. The minimum atomic E-state index is -0.709. The minimum absolute atomic E-state index is 0.137. The average molecular weight is 488 g/mol. The van der Waals surface area contributed by atoms with Crippen LogP contribution >= 0.6 is 0 Å². The highest BCUT2D eigenvalue weighted by Crippen LogP contribution is 2.35. The van der Waals surface area contributed by atoms with E-state index in [4.69, 9.17) is 4.74 Å². The third-order valence-corrected chi connectivity index (χ3v) is 6.89. The van der Waals surface area contributed by atoms with Gasteiger partial charge in [-0.25, -0.2) is 9.48 Å². The fraction of sp³-hybridized carbons (Fsp3) is 0.333. The minimum Gasteiger partial charge on any atom is -0.497 e. The number of aromatic nitrogens is 2. The maximum Gasteiger partial charge on any atom is 0.325 e. The quantitative estimate of drug-likeness (QED) is 0.374. The van der Waals surface area contributed by atoms with Crippen LogP contribution in [0.5, 0.6) is 5.75 Å². The molecule has 1 saturated carbocycles. The van der Waals surface area contributed by atoms with Crippen LogP contribution in [-0.2, 0) is 4.79 Å². The van der Waals surface area contributed by atoms with E-state index in [2.05, 4.69) is 15.7 Å². The normalized spacial score (nSPS) is 16.4.